The van der Waals surface area contributed by atoms with Gasteiger partial charge >= 0.3 is 0 Å². The van der Waals surface area contributed by atoms with E-state index < -0.39 is 0 Å². The number of aromatic nitrogens is 4. The molecule has 2 aliphatic heterocycles. The summed E-state index contributed by atoms with van der Waals surface area (Å²) < 4.78 is 9.39. The summed E-state index contributed by atoms with van der Waals surface area (Å²) in [5, 5.41) is 5.19. The van der Waals surface area contributed by atoms with Crippen molar-refractivity contribution in [3.63, 3.8) is 0 Å². The van der Waals surface area contributed by atoms with E-state index in [-0.39, 0.29) is 11.6 Å². The van der Waals surface area contributed by atoms with Crippen LogP contribution in [0.15, 0.2) is 35.3 Å². The van der Waals surface area contributed by atoms with E-state index in [1.807, 2.05) is 42.2 Å². The zero-order valence-electron chi connectivity index (χ0n) is 15.5. The van der Waals surface area contributed by atoms with Crippen molar-refractivity contribution >= 4 is 10.9 Å². The molecule has 0 aliphatic carbocycles. The number of para-hydroxylation sites is 1. The number of rotatable bonds is 3. The number of nitrogens with zero attached hydrogens (tertiary/aromatic N) is 5. The largest absolute Gasteiger partial charge is 0.373 e. The SMILES string of the molecule is Cn1c(C2CCCN2Cc2cnn3c2COCC3)nc2ccccc2c1=O. The molecule has 1 aromatic carbocycles. The highest BCUT2D eigenvalue weighted by atomic mass is 16.5. The molecule has 0 spiro atoms. The third kappa shape index (κ3) is 2.78. The second-order valence-corrected chi connectivity index (χ2v) is 7.37. The molecule has 7 nitrogen and oxygen atoms in total. The van der Waals surface area contributed by atoms with E-state index in [0.29, 0.717) is 12.0 Å². The van der Waals surface area contributed by atoms with Crippen LogP contribution in [0.5, 0.6) is 0 Å². The van der Waals surface area contributed by atoms with Gasteiger partial charge in [-0.3, -0.25) is 18.9 Å². The van der Waals surface area contributed by atoms with Crippen molar-refractivity contribution in [2.24, 2.45) is 7.05 Å². The van der Waals surface area contributed by atoms with Crippen LogP contribution in [0, 0.1) is 0 Å². The molecular formula is C20H23N5O2. The van der Waals surface area contributed by atoms with Crippen molar-refractivity contribution in [2.75, 3.05) is 13.2 Å². The second-order valence-electron chi connectivity index (χ2n) is 7.37. The molecule has 1 fully saturated rings. The first kappa shape index (κ1) is 16.6. The Labute approximate surface area is 157 Å². The molecule has 0 N–H and O–H groups in total. The highest BCUT2D eigenvalue weighted by molar-refractivity contribution is 5.77. The van der Waals surface area contributed by atoms with E-state index in [2.05, 4.69) is 10.00 Å². The molecule has 2 aliphatic rings. The van der Waals surface area contributed by atoms with Gasteiger partial charge in [0, 0.05) is 19.2 Å². The lowest BCUT2D eigenvalue weighted by atomic mass is 10.1. The maximum atomic E-state index is 12.8. The Kier molecular flexibility index (Phi) is 4.06. The monoisotopic (exact) mass is 365 g/mol. The van der Waals surface area contributed by atoms with Gasteiger partial charge in [0.2, 0.25) is 0 Å². The van der Waals surface area contributed by atoms with Crippen LogP contribution in [0.25, 0.3) is 10.9 Å². The van der Waals surface area contributed by atoms with Gasteiger partial charge in [-0.05, 0) is 31.5 Å². The van der Waals surface area contributed by atoms with Gasteiger partial charge in [0.25, 0.3) is 5.56 Å². The molecule has 0 amide bonds. The molecule has 7 heteroatoms. The number of ether oxygens (including phenoxy) is 1. The Balaban J connectivity index is 1.50. The van der Waals surface area contributed by atoms with Gasteiger partial charge < -0.3 is 4.74 Å². The summed E-state index contributed by atoms with van der Waals surface area (Å²) in [6, 6.07) is 7.74. The van der Waals surface area contributed by atoms with Gasteiger partial charge in [-0.25, -0.2) is 4.98 Å². The quantitative estimate of drug-likeness (QED) is 0.710. The molecule has 140 valence electrons. The molecular weight excluding hydrogens is 342 g/mol. The minimum atomic E-state index is 0.0266. The lowest BCUT2D eigenvalue weighted by molar-refractivity contribution is 0.0785. The lowest BCUT2D eigenvalue weighted by Gasteiger charge is -2.26. The fraction of sp³-hybridized carbons (Fsp3) is 0.450. The third-order valence-electron chi connectivity index (χ3n) is 5.77. The Morgan fingerprint density at radius 1 is 1.26 bits per heavy atom. The number of fused-ring (bicyclic) bond motifs is 2. The number of hydrogen-bond donors (Lipinski definition) is 0. The van der Waals surface area contributed by atoms with Crippen molar-refractivity contribution in [3.05, 3.63) is 57.9 Å². The van der Waals surface area contributed by atoms with E-state index in [9.17, 15) is 4.79 Å². The summed E-state index contributed by atoms with van der Waals surface area (Å²) in [4.78, 5) is 20.1. The molecule has 0 radical (unpaired) electrons. The minimum absolute atomic E-state index is 0.0266. The van der Waals surface area contributed by atoms with Crippen LogP contribution in [-0.2, 0) is 31.5 Å². The van der Waals surface area contributed by atoms with E-state index in [1.54, 1.807) is 4.57 Å². The van der Waals surface area contributed by atoms with Crippen molar-refractivity contribution in [1.29, 1.82) is 0 Å². The maximum absolute atomic E-state index is 12.8. The number of hydrogen-bond acceptors (Lipinski definition) is 5. The summed E-state index contributed by atoms with van der Waals surface area (Å²) >= 11 is 0. The Morgan fingerprint density at radius 2 is 2.15 bits per heavy atom. The van der Waals surface area contributed by atoms with Crippen LogP contribution >= 0.6 is 0 Å². The lowest BCUT2D eigenvalue weighted by Crippen LogP contribution is -2.31. The van der Waals surface area contributed by atoms with Gasteiger partial charge in [0.15, 0.2) is 0 Å². The molecule has 3 aromatic rings. The topological polar surface area (TPSA) is 65.2 Å². The van der Waals surface area contributed by atoms with E-state index in [4.69, 9.17) is 9.72 Å². The van der Waals surface area contributed by atoms with Gasteiger partial charge in [-0.1, -0.05) is 12.1 Å². The fourth-order valence-corrected chi connectivity index (χ4v) is 4.32. The second kappa shape index (κ2) is 6.58. The molecule has 2 aromatic heterocycles. The Bertz CT molecular complexity index is 1050. The van der Waals surface area contributed by atoms with Gasteiger partial charge in [0.1, 0.15) is 5.82 Å². The standard InChI is InChI=1S/C20H23N5O2/c1-23-19(22-16-6-3-2-5-15(16)20(23)26)17-7-4-8-24(17)12-14-11-21-25-9-10-27-13-18(14)25/h2-3,5-6,11,17H,4,7-10,12-13H2,1H3. The number of likely N-dealkylation sites (tertiary alicyclic amines) is 1. The van der Waals surface area contributed by atoms with E-state index in [1.165, 1.54) is 11.3 Å². The number of benzene rings is 1. The van der Waals surface area contributed by atoms with Crippen molar-refractivity contribution < 1.29 is 4.74 Å². The minimum Gasteiger partial charge on any atom is -0.373 e. The summed E-state index contributed by atoms with van der Waals surface area (Å²) in [6.07, 6.45) is 4.08. The average molecular weight is 365 g/mol. The molecule has 0 bridgehead atoms. The highest BCUT2D eigenvalue weighted by Crippen LogP contribution is 2.33. The molecule has 27 heavy (non-hydrogen) atoms. The zero-order valence-corrected chi connectivity index (χ0v) is 15.5. The normalized spacial score (nSPS) is 20.3. The first-order valence-electron chi connectivity index (χ1n) is 9.53. The molecule has 1 atom stereocenters. The molecule has 1 unspecified atom stereocenters. The smallest absolute Gasteiger partial charge is 0.261 e. The first-order chi connectivity index (χ1) is 13.2. The Hall–Kier alpha value is -2.51. The third-order valence-corrected chi connectivity index (χ3v) is 5.77. The predicted octanol–water partition coefficient (Wildman–Crippen LogP) is 2.00. The van der Waals surface area contributed by atoms with E-state index in [0.717, 1.165) is 50.4 Å². The predicted molar refractivity (Wildman–Crippen MR) is 101 cm³/mol. The molecule has 4 heterocycles. The highest BCUT2D eigenvalue weighted by Gasteiger charge is 2.31. The summed E-state index contributed by atoms with van der Waals surface area (Å²) in [6.45, 7) is 3.98. The van der Waals surface area contributed by atoms with Crippen LogP contribution in [-0.4, -0.2) is 37.4 Å². The van der Waals surface area contributed by atoms with Gasteiger partial charge in [-0.2, -0.15) is 5.10 Å². The Morgan fingerprint density at radius 3 is 3.07 bits per heavy atom. The van der Waals surface area contributed by atoms with Crippen molar-refractivity contribution in [1.82, 2.24) is 24.2 Å². The molecule has 5 rings (SSSR count). The molecule has 1 saturated heterocycles. The van der Waals surface area contributed by atoms with Crippen LogP contribution in [0.4, 0.5) is 0 Å². The average Bonchev–Trinajstić information content (AvgIpc) is 3.32. The van der Waals surface area contributed by atoms with Crippen molar-refractivity contribution in [3.8, 4) is 0 Å². The first-order valence-corrected chi connectivity index (χ1v) is 9.53. The zero-order chi connectivity index (χ0) is 18.4. The van der Waals surface area contributed by atoms with Crippen LogP contribution < -0.4 is 5.56 Å². The molecule has 0 saturated carbocycles. The summed E-state index contributed by atoms with van der Waals surface area (Å²) in [7, 11) is 1.84. The summed E-state index contributed by atoms with van der Waals surface area (Å²) in [5.74, 6) is 0.855. The maximum Gasteiger partial charge on any atom is 0.261 e. The van der Waals surface area contributed by atoms with Crippen molar-refractivity contribution in [2.45, 2.75) is 38.6 Å². The van der Waals surface area contributed by atoms with Gasteiger partial charge in [-0.15, -0.1) is 0 Å². The van der Waals surface area contributed by atoms with E-state index >= 15 is 0 Å². The van der Waals surface area contributed by atoms with Crippen LogP contribution in [0.3, 0.4) is 0 Å². The van der Waals surface area contributed by atoms with Gasteiger partial charge in [0.05, 0.1) is 48.6 Å². The summed E-state index contributed by atoms with van der Waals surface area (Å²) in [5.41, 5.74) is 3.19. The van der Waals surface area contributed by atoms with Crippen LogP contribution in [0.1, 0.15) is 36.0 Å². The van der Waals surface area contributed by atoms with Crippen LogP contribution in [0.2, 0.25) is 0 Å². The fourth-order valence-electron chi connectivity index (χ4n) is 4.32.